The molecule has 1 amide bonds. The molecule has 188 valence electrons. The molecule has 1 aliphatic rings. The molecule has 2 aromatic heterocycles. The van der Waals surface area contributed by atoms with Crippen LogP contribution in [0.3, 0.4) is 0 Å². The maximum Gasteiger partial charge on any atom is 0.301 e. The lowest BCUT2D eigenvalue weighted by molar-refractivity contribution is -0.132. The molecule has 7 nitrogen and oxygen atoms in total. The van der Waals surface area contributed by atoms with Gasteiger partial charge >= 0.3 is 5.91 Å². The Kier molecular flexibility index (Phi) is 6.25. The van der Waals surface area contributed by atoms with Crippen LogP contribution in [0.15, 0.2) is 66.4 Å². The summed E-state index contributed by atoms with van der Waals surface area (Å²) in [6.07, 6.45) is 1.58. The molecule has 2 aromatic carbocycles. The first kappa shape index (κ1) is 24.9. The van der Waals surface area contributed by atoms with Crippen LogP contribution in [0.4, 0.5) is 5.13 Å². The number of amides is 1. The van der Waals surface area contributed by atoms with Crippen LogP contribution in [0.1, 0.15) is 43.6 Å². The van der Waals surface area contributed by atoms with Gasteiger partial charge in [-0.05, 0) is 53.4 Å². The molecular weight excluding hydrogens is 510 g/mol. The number of anilines is 1. The summed E-state index contributed by atoms with van der Waals surface area (Å²) in [5.74, 6) is -1.62. The Balaban J connectivity index is 1.70. The first-order chi connectivity index (χ1) is 17.6. The second-order valence-corrected chi connectivity index (χ2v) is 11.1. The van der Waals surface area contributed by atoms with Crippen molar-refractivity contribution in [2.24, 2.45) is 0 Å². The number of aliphatic hydroxyl groups excluding tert-OH is 1. The average molecular weight is 534 g/mol. The van der Waals surface area contributed by atoms with E-state index in [1.54, 1.807) is 36.5 Å². The van der Waals surface area contributed by atoms with E-state index < -0.39 is 17.7 Å². The minimum atomic E-state index is -0.967. The van der Waals surface area contributed by atoms with Gasteiger partial charge in [-0.15, -0.1) is 0 Å². The maximum atomic E-state index is 13.4. The molecule has 1 saturated heterocycles. The SMILES string of the molecule is COc1cc(/C(O)=C2\C(=O)C(=O)N(c3nc4ccc(C(C)(C)C)cc4s3)C2c2ccccn2)ccc1Cl. The molecule has 0 radical (unpaired) electrons. The van der Waals surface area contributed by atoms with E-state index in [0.29, 0.717) is 27.2 Å². The van der Waals surface area contributed by atoms with Gasteiger partial charge in [0.1, 0.15) is 17.6 Å². The number of hydrogen-bond donors (Lipinski definition) is 1. The zero-order valence-electron chi connectivity index (χ0n) is 20.7. The van der Waals surface area contributed by atoms with Crippen molar-refractivity contribution in [3.63, 3.8) is 0 Å². The fourth-order valence-electron chi connectivity index (χ4n) is 4.29. The molecule has 1 aliphatic heterocycles. The summed E-state index contributed by atoms with van der Waals surface area (Å²) in [7, 11) is 1.45. The number of hydrogen-bond acceptors (Lipinski definition) is 7. The monoisotopic (exact) mass is 533 g/mol. The van der Waals surface area contributed by atoms with E-state index in [1.807, 2.05) is 12.1 Å². The number of nitrogens with zero attached hydrogens (tertiary/aromatic N) is 3. The third kappa shape index (κ3) is 4.36. The number of ether oxygens (including phenoxy) is 1. The molecule has 0 spiro atoms. The number of ketones is 1. The van der Waals surface area contributed by atoms with E-state index in [9.17, 15) is 14.7 Å². The minimum absolute atomic E-state index is 0.0599. The number of aliphatic hydroxyl groups is 1. The molecular formula is C28H24ClN3O4S. The van der Waals surface area contributed by atoms with Gasteiger partial charge in [0.2, 0.25) is 0 Å². The van der Waals surface area contributed by atoms with Gasteiger partial charge in [-0.1, -0.05) is 55.8 Å². The number of fused-ring (bicyclic) bond motifs is 1. The van der Waals surface area contributed by atoms with Crippen molar-refractivity contribution in [3.8, 4) is 5.75 Å². The Morgan fingerprint density at radius 3 is 2.57 bits per heavy atom. The highest BCUT2D eigenvalue weighted by Crippen LogP contribution is 2.44. The van der Waals surface area contributed by atoms with Crippen molar-refractivity contribution in [2.75, 3.05) is 12.0 Å². The Bertz CT molecular complexity index is 1570. The standard InChI is InChI=1S/C28H24ClN3O4S/c1-28(2,3)16-9-11-18-21(14-16)37-27(31-18)32-23(19-7-5-6-12-30-19)22(25(34)26(32)35)24(33)15-8-10-17(29)20(13-15)36-4/h5-14,23,33H,1-4H3/b24-22+. The smallest absolute Gasteiger partial charge is 0.301 e. The van der Waals surface area contributed by atoms with E-state index in [0.717, 1.165) is 15.8 Å². The van der Waals surface area contributed by atoms with Crippen LogP contribution in [0.2, 0.25) is 5.02 Å². The highest BCUT2D eigenvalue weighted by Gasteiger charge is 2.49. The first-order valence-corrected chi connectivity index (χ1v) is 12.8. The predicted octanol–water partition coefficient (Wildman–Crippen LogP) is 6.28. The third-order valence-corrected chi connectivity index (χ3v) is 7.62. The quantitative estimate of drug-likeness (QED) is 0.188. The van der Waals surface area contributed by atoms with Crippen molar-refractivity contribution < 1.29 is 19.4 Å². The van der Waals surface area contributed by atoms with Crippen molar-refractivity contribution in [1.29, 1.82) is 0 Å². The number of pyridine rings is 1. The number of thiazole rings is 1. The van der Waals surface area contributed by atoms with Crippen LogP contribution in [0.25, 0.3) is 16.0 Å². The van der Waals surface area contributed by atoms with Gasteiger partial charge in [0.05, 0.1) is 33.6 Å². The van der Waals surface area contributed by atoms with Gasteiger partial charge in [0, 0.05) is 11.8 Å². The fourth-order valence-corrected chi connectivity index (χ4v) is 5.52. The Labute approximate surface area is 223 Å². The predicted molar refractivity (Wildman–Crippen MR) is 145 cm³/mol. The molecule has 4 aromatic rings. The van der Waals surface area contributed by atoms with Crippen molar-refractivity contribution >= 4 is 55.7 Å². The summed E-state index contributed by atoms with van der Waals surface area (Å²) in [4.78, 5) is 37.3. The normalized spacial score (nSPS) is 17.5. The molecule has 3 heterocycles. The van der Waals surface area contributed by atoms with Gasteiger partial charge in [-0.3, -0.25) is 19.5 Å². The largest absolute Gasteiger partial charge is 0.507 e. The molecule has 37 heavy (non-hydrogen) atoms. The zero-order valence-corrected chi connectivity index (χ0v) is 22.2. The van der Waals surface area contributed by atoms with E-state index in [4.69, 9.17) is 16.3 Å². The fraction of sp³-hybridized carbons (Fsp3) is 0.214. The Morgan fingerprint density at radius 1 is 1.11 bits per heavy atom. The van der Waals surface area contributed by atoms with E-state index in [-0.39, 0.29) is 16.7 Å². The highest BCUT2D eigenvalue weighted by atomic mass is 35.5. The summed E-state index contributed by atoms with van der Waals surface area (Å²) in [5, 5.41) is 12.0. The lowest BCUT2D eigenvalue weighted by Crippen LogP contribution is -2.29. The number of halogens is 1. The summed E-state index contributed by atoms with van der Waals surface area (Å²) >= 11 is 7.47. The third-order valence-electron chi connectivity index (χ3n) is 6.29. The summed E-state index contributed by atoms with van der Waals surface area (Å²) in [5.41, 5.74) is 2.43. The molecule has 0 aliphatic carbocycles. The van der Waals surface area contributed by atoms with Crippen LogP contribution in [0, 0.1) is 0 Å². The maximum absolute atomic E-state index is 13.4. The minimum Gasteiger partial charge on any atom is -0.507 e. The average Bonchev–Trinajstić information content (AvgIpc) is 3.41. The van der Waals surface area contributed by atoms with Gasteiger partial charge in [0.15, 0.2) is 5.13 Å². The molecule has 1 atom stereocenters. The summed E-state index contributed by atoms with van der Waals surface area (Å²) in [6.45, 7) is 6.38. The van der Waals surface area contributed by atoms with Crippen LogP contribution in [0.5, 0.6) is 5.75 Å². The summed E-state index contributed by atoms with van der Waals surface area (Å²) < 4.78 is 6.16. The van der Waals surface area contributed by atoms with Crippen LogP contribution < -0.4 is 9.64 Å². The number of methoxy groups -OCH3 is 1. The van der Waals surface area contributed by atoms with Crippen molar-refractivity contribution in [3.05, 3.63) is 88.2 Å². The van der Waals surface area contributed by atoms with Gasteiger partial charge < -0.3 is 9.84 Å². The zero-order chi connectivity index (χ0) is 26.5. The van der Waals surface area contributed by atoms with Gasteiger partial charge in [-0.2, -0.15) is 0 Å². The number of Topliss-reactive ketones (excluding diaryl/α,β-unsaturated/α-hetero) is 1. The number of aromatic nitrogens is 2. The van der Waals surface area contributed by atoms with E-state index in [1.165, 1.54) is 29.4 Å². The van der Waals surface area contributed by atoms with Crippen LogP contribution >= 0.6 is 22.9 Å². The summed E-state index contributed by atoms with van der Waals surface area (Å²) in [6, 6.07) is 14.9. The van der Waals surface area contributed by atoms with E-state index in [2.05, 4.69) is 36.8 Å². The molecule has 0 bridgehead atoms. The molecule has 1 N–H and O–H groups in total. The van der Waals surface area contributed by atoms with Crippen molar-refractivity contribution in [2.45, 2.75) is 32.2 Å². The van der Waals surface area contributed by atoms with Crippen LogP contribution in [-0.4, -0.2) is 33.9 Å². The second kappa shape index (κ2) is 9.28. The number of benzene rings is 2. The van der Waals surface area contributed by atoms with Gasteiger partial charge in [0.25, 0.3) is 5.78 Å². The number of carbonyl (C=O) groups excluding carboxylic acids is 2. The van der Waals surface area contributed by atoms with Crippen molar-refractivity contribution in [1.82, 2.24) is 9.97 Å². The number of rotatable bonds is 4. The molecule has 9 heteroatoms. The Hall–Kier alpha value is -3.75. The van der Waals surface area contributed by atoms with E-state index >= 15 is 0 Å². The van der Waals surface area contributed by atoms with Gasteiger partial charge in [-0.25, -0.2) is 4.98 Å². The topological polar surface area (TPSA) is 92.6 Å². The van der Waals surface area contributed by atoms with Crippen LogP contribution in [-0.2, 0) is 15.0 Å². The molecule has 1 unspecified atom stereocenters. The highest BCUT2D eigenvalue weighted by molar-refractivity contribution is 7.22. The second-order valence-electron chi connectivity index (χ2n) is 9.70. The lowest BCUT2D eigenvalue weighted by atomic mass is 9.87. The molecule has 5 rings (SSSR count). The number of carbonyl (C=O) groups is 2. The lowest BCUT2D eigenvalue weighted by Gasteiger charge is -2.22. The molecule has 0 saturated carbocycles. The molecule has 1 fully saturated rings. The first-order valence-electron chi connectivity index (χ1n) is 11.6. The Morgan fingerprint density at radius 2 is 1.89 bits per heavy atom.